The summed E-state index contributed by atoms with van der Waals surface area (Å²) in [7, 11) is 0. The van der Waals surface area contributed by atoms with Crippen LogP contribution in [-0.4, -0.2) is 17.8 Å². The fourth-order valence-electron chi connectivity index (χ4n) is 1.84. The Kier molecular flexibility index (Phi) is 6.44. The number of rotatable bonds is 6. The van der Waals surface area contributed by atoms with E-state index in [1.807, 2.05) is 19.1 Å². The molecular formula is C14H21Cl2NO. The number of hydrogen-bond acceptors (Lipinski definition) is 2. The highest BCUT2D eigenvalue weighted by Crippen LogP contribution is 2.25. The van der Waals surface area contributed by atoms with Gasteiger partial charge in [0.25, 0.3) is 0 Å². The standard InChI is InChI=1S/C14H21Cl2NO/c1-9(2)6-12(18)8-17-10(3)11-4-5-13(15)14(16)7-11/h4-5,7,9-10,12,17-18H,6,8H2,1-3H3. The van der Waals surface area contributed by atoms with E-state index in [1.165, 1.54) is 0 Å². The molecular weight excluding hydrogens is 269 g/mol. The second kappa shape index (κ2) is 7.34. The average Bonchev–Trinajstić information content (AvgIpc) is 2.28. The van der Waals surface area contributed by atoms with Crippen LogP contribution in [0.25, 0.3) is 0 Å². The van der Waals surface area contributed by atoms with Crippen LogP contribution in [0.1, 0.15) is 38.8 Å². The zero-order chi connectivity index (χ0) is 13.7. The van der Waals surface area contributed by atoms with Gasteiger partial charge in [-0.1, -0.05) is 43.1 Å². The van der Waals surface area contributed by atoms with Crippen LogP contribution in [-0.2, 0) is 0 Å². The minimum atomic E-state index is -0.310. The Labute approximate surface area is 119 Å². The summed E-state index contributed by atoms with van der Waals surface area (Å²) in [6, 6.07) is 5.74. The predicted octanol–water partition coefficient (Wildman–Crippen LogP) is 4.05. The van der Waals surface area contributed by atoms with Gasteiger partial charge < -0.3 is 10.4 Å². The first kappa shape index (κ1) is 15.8. The molecule has 0 bridgehead atoms. The van der Waals surface area contributed by atoms with Crippen molar-refractivity contribution in [1.82, 2.24) is 5.32 Å². The Morgan fingerprint density at radius 3 is 2.39 bits per heavy atom. The lowest BCUT2D eigenvalue weighted by atomic mass is 10.0. The molecule has 2 N–H and O–H groups in total. The van der Waals surface area contributed by atoms with Gasteiger partial charge >= 0.3 is 0 Å². The lowest BCUT2D eigenvalue weighted by Gasteiger charge is -2.19. The van der Waals surface area contributed by atoms with Crippen molar-refractivity contribution in [2.24, 2.45) is 5.92 Å². The summed E-state index contributed by atoms with van der Waals surface area (Å²) in [5.41, 5.74) is 1.07. The van der Waals surface area contributed by atoms with Gasteiger partial charge in [-0.25, -0.2) is 0 Å². The molecule has 0 aliphatic carbocycles. The van der Waals surface area contributed by atoms with Crippen molar-refractivity contribution in [3.63, 3.8) is 0 Å². The normalized spacial score (nSPS) is 14.8. The molecule has 0 radical (unpaired) electrons. The van der Waals surface area contributed by atoms with Crippen molar-refractivity contribution in [3.8, 4) is 0 Å². The van der Waals surface area contributed by atoms with Crippen LogP contribution in [0.2, 0.25) is 10.0 Å². The van der Waals surface area contributed by atoms with E-state index in [4.69, 9.17) is 23.2 Å². The number of nitrogens with one attached hydrogen (secondary N) is 1. The number of aliphatic hydroxyl groups excluding tert-OH is 1. The van der Waals surface area contributed by atoms with Gasteiger partial charge in [0.15, 0.2) is 0 Å². The molecule has 0 aliphatic rings. The van der Waals surface area contributed by atoms with Gasteiger partial charge in [0.1, 0.15) is 0 Å². The number of halogens is 2. The quantitative estimate of drug-likeness (QED) is 0.828. The van der Waals surface area contributed by atoms with Crippen LogP contribution < -0.4 is 5.32 Å². The van der Waals surface area contributed by atoms with Gasteiger partial charge in [-0.05, 0) is 37.0 Å². The van der Waals surface area contributed by atoms with E-state index in [-0.39, 0.29) is 12.1 Å². The van der Waals surface area contributed by atoms with Crippen molar-refractivity contribution in [3.05, 3.63) is 33.8 Å². The van der Waals surface area contributed by atoms with Crippen molar-refractivity contribution in [1.29, 1.82) is 0 Å². The monoisotopic (exact) mass is 289 g/mol. The zero-order valence-corrected chi connectivity index (χ0v) is 12.6. The molecule has 0 aromatic heterocycles. The molecule has 0 spiro atoms. The average molecular weight is 290 g/mol. The molecule has 0 saturated heterocycles. The molecule has 0 saturated carbocycles. The maximum absolute atomic E-state index is 9.80. The van der Waals surface area contributed by atoms with Gasteiger partial charge in [-0.2, -0.15) is 0 Å². The first-order valence-corrected chi connectivity index (χ1v) is 7.02. The van der Waals surface area contributed by atoms with Crippen molar-refractivity contribution in [2.75, 3.05) is 6.54 Å². The number of hydrogen-bond donors (Lipinski definition) is 2. The summed E-state index contributed by atoms with van der Waals surface area (Å²) in [6.07, 6.45) is 0.497. The van der Waals surface area contributed by atoms with E-state index in [0.29, 0.717) is 22.5 Å². The molecule has 0 fully saturated rings. The van der Waals surface area contributed by atoms with Crippen LogP contribution in [0.3, 0.4) is 0 Å². The first-order chi connectivity index (χ1) is 8.40. The molecule has 2 atom stereocenters. The second-order valence-electron chi connectivity index (χ2n) is 5.09. The van der Waals surface area contributed by atoms with Gasteiger partial charge in [0, 0.05) is 12.6 Å². The topological polar surface area (TPSA) is 32.3 Å². The highest BCUT2D eigenvalue weighted by Gasteiger charge is 2.11. The summed E-state index contributed by atoms with van der Waals surface area (Å²) in [5.74, 6) is 0.502. The molecule has 1 aromatic carbocycles. The van der Waals surface area contributed by atoms with Crippen molar-refractivity contribution in [2.45, 2.75) is 39.3 Å². The molecule has 0 amide bonds. The van der Waals surface area contributed by atoms with Crippen LogP contribution in [0.4, 0.5) is 0 Å². The van der Waals surface area contributed by atoms with Crippen molar-refractivity contribution >= 4 is 23.2 Å². The molecule has 0 heterocycles. The highest BCUT2D eigenvalue weighted by atomic mass is 35.5. The van der Waals surface area contributed by atoms with Crippen LogP contribution in [0.15, 0.2) is 18.2 Å². The number of benzene rings is 1. The van der Waals surface area contributed by atoms with Gasteiger partial charge in [-0.15, -0.1) is 0 Å². The van der Waals surface area contributed by atoms with Crippen LogP contribution in [0.5, 0.6) is 0 Å². The Morgan fingerprint density at radius 2 is 1.83 bits per heavy atom. The minimum absolute atomic E-state index is 0.140. The summed E-state index contributed by atoms with van der Waals surface area (Å²) in [6.45, 7) is 6.83. The molecule has 0 aliphatic heterocycles. The van der Waals surface area contributed by atoms with E-state index in [1.54, 1.807) is 6.07 Å². The Balaban J connectivity index is 2.49. The minimum Gasteiger partial charge on any atom is -0.392 e. The SMILES string of the molecule is CC(C)CC(O)CNC(C)c1ccc(Cl)c(Cl)c1. The Bertz CT molecular complexity index is 382. The van der Waals surface area contributed by atoms with Gasteiger partial charge in [-0.3, -0.25) is 0 Å². The van der Waals surface area contributed by atoms with Crippen LogP contribution >= 0.6 is 23.2 Å². The maximum Gasteiger partial charge on any atom is 0.0667 e. The maximum atomic E-state index is 9.80. The first-order valence-electron chi connectivity index (χ1n) is 6.26. The van der Waals surface area contributed by atoms with Gasteiger partial charge in [0.05, 0.1) is 16.1 Å². The van der Waals surface area contributed by atoms with E-state index >= 15 is 0 Å². The fraction of sp³-hybridized carbons (Fsp3) is 0.571. The van der Waals surface area contributed by atoms with E-state index in [9.17, 15) is 5.11 Å². The predicted molar refractivity (Wildman–Crippen MR) is 78.3 cm³/mol. The third-order valence-electron chi connectivity index (χ3n) is 2.85. The summed E-state index contributed by atoms with van der Waals surface area (Å²) in [5, 5.41) is 14.2. The molecule has 2 unspecified atom stereocenters. The Hall–Kier alpha value is -0.280. The highest BCUT2D eigenvalue weighted by molar-refractivity contribution is 6.42. The molecule has 1 aromatic rings. The molecule has 1 rings (SSSR count). The number of aliphatic hydroxyl groups is 1. The smallest absolute Gasteiger partial charge is 0.0667 e. The van der Waals surface area contributed by atoms with Gasteiger partial charge in [0.2, 0.25) is 0 Å². The summed E-state index contributed by atoms with van der Waals surface area (Å²) >= 11 is 11.9. The zero-order valence-electron chi connectivity index (χ0n) is 11.1. The summed E-state index contributed by atoms with van der Waals surface area (Å²) in [4.78, 5) is 0. The van der Waals surface area contributed by atoms with E-state index < -0.39 is 0 Å². The summed E-state index contributed by atoms with van der Waals surface area (Å²) < 4.78 is 0. The molecule has 4 heteroatoms. The second-order valence-corrected chi connectivity index (χ2v) is 5.90. The largest absolute Gasteiger partial charge is 0.392 e. The molecule has 18 heavy (non-hydrogen) atoms. The van der Waals surface area contributed by atoms with Crippen LogP contribution in [0, 0.1) is 5.92 Å². The Morgan fingerprint density at radius 1 is 1.17 bits per heavy atom. The molecule has 102 valence electrons. The fourth-order valence-corrected chi connectivity index (χ4v) is 2.15. The third-order valence-corrected chi connectivity index (χ3v) is 3.59. The van der Waals surface area contributed by atoms with E-state index in [0.717, 1.165) is 12.0 Å². The van der Waals surface area contributed by atoms with Crippen molar-refractivity contribution < 1.29 is 5.11 Å². The third kappa shape index (κ3) is 5.15. The lowest BCUT2D eigenvalue weighted by molar-refractivity contribution is 0.143. The lowest BCUT2D eigenvalue weighted by Crippen LogP contribution is -2.30. The van der Waals surface area contributed by atoms with E-state index in [2.05, 4.69) is 19.2 Å². The molecule has 2 nitrogen and oxygen atoms in total.